The van der Waals surface area contributed by atoms with Crippen molar-refractivity contribution in [3.8, 4) is 0 Å². The molecule has 0 saturated heterocycles. The summed E-state index contributed by atoms with van der Waals surface area (Å²) < 4.78 is 1.07. The summed E-state index contributed by atoms with van der Waals surface area (Å²) in [5.41, 5.74) is 12.9. The standard InChI is InChI=1S/C12H11BrN2S/c13-8-1-4-10(5-2-8)16-12-6-3-9(14)7-11(12)15/h1-7H,14-15H2. The molecule has 0 aliphatic heterocycles. The topological polar surface area (TPSA) is 52.0 Å². The van der Waals surface area contributed by atoms with E-state index in [0.29, 0.717) is 11.4 Å². The fourth-order valence-electron chi connectivity index (χ4n) is 1.29. The molecule has 4 heteroatoms. The van der Waals surface area contributed by atoms with Crippen LogP contribution in [-0.4, -0.2) is 0 Å². The van der Waals surface area contributed by atoms with Crippen LogP contribution in [0, 0.1) is 0 Å². The zero-order chi connectivity index (χ0) is 11.5. The summed E-state index contributed by atoms with van der Waals surface area (Å²) in [6.07, 6.45) is 0. The van der Waals surface area contributed by atoms with Gasteiger partial charge in [0.25, 0.3) is 0 Å². The van der Waals surface area contributed by atoms with E-state index in [1.165, 1.54) is 0 Å². The van der Waals surface area contributed by atoms with Gasteiger partial charge in [0, 0.05) is 25.6 Å². The zero-order valence-corrected chi connectivity index (χ0v) is 10.9. The number of benzene rings is 2. The Labute approximate surface area is 107 Å². The number of halogens is 1. The molecule has 16 heavy (non-hydrogen) atoms. The minimum absolute atomic E-state index is 0.692. The molecule has 2 aromatic rings. The molecule has 0 saturated carbocycles. The molecule has 2 nitrogen and oxygen atoms in total. The van der Waals surface area contributed by atoms with Crippen molar-refractivity contribution in [2.24, 2.45) is 0 Å². The summed E-state index contributed by atoms with van der Waals surface area (Å²) in [4.78, 5) is 2.18. The van der Waals surface area contributed by atoms with Crippen LogP contribution in [0.15, 0.2) is 56.7 Å². The van der Waals surface area contributed by atoms with Crippen LogP contribution in [0.1, 0.15) is 0 Å². The number of nitrogen functional groups attached to an aromatic ring is 2. The highest BCUT2D eigenvalue weighted by Crippen LogP contribution is 2.33. The first-order chi connectivity index (χ1) is 7.65. The normalized spacial score (nSPS) is 10.3. The summed E-state index contributed by atoms with van der Waals surface area (Å²) in [7, 11) is 0. The minimum atomic E-state index is 0.692. The second kappa shape index (κ2) is 4.80. The van der Waals surface area contributed by atoms with Crippen molar-refractivity contribution in [2.45, 2.75) is 9.79 Å². The van der Waals surface area contributed by atoms with E-state index in [0.717, 1.165) is 14.3 Å². The van der Waals surface area contributed by atoms with Crippen LogP contribution < -0.4 is 11.5 Å². The first-order valence-corrected chi connectivity index (χ1v) is 6.34. The van der Waals surface area contributed by atoms with Crippen molar-refractivity contribution in [2.75, 3.05) is 11.5 Å². The van der Waals surface area contributed by atoms with E-state index in [9.17, 15) is 0 Å². The first-order valence-electron chi connectivity index (χ1n) is 4.73. The first kappa shape index (κ1) is 11.4. The Morgan fingerprint density at radius 1 is 0.938 bits per heavy atom. The average Bonchev–Trinajstić information content (AvgIpc) is 2.25. The monoisotopic (exact) mass is 294 g/mol. The van der Waals surface area contributed by atoms with Crippen molar-refractivity contribution in [3.63, 3.8) is 0 Å². The van der Waals surface area contributed by atoms with E-state index in [1.54, 1.807) is 17.8 Å². The summed E-state index contributed by atoms with van der Waals surface area (Å²) in [6.45, 7) is 0. The van der Waals surface area contributed by atoms with Gasteiger partial charge in [-0.25, -0.2) is 0 Å². The van der Waals surface area contributed by atoms with Gasteiger partial charge in [0.05, 0.1) is 0 Å². The molecule has 0 amide bonds. The Hall–Kier alpha value is -1.13. The molecule has 4 N–H and O–H groups in total. The van der Waals surface area contributed by atoms with Crippen LogP contribution in [0.25, 0.3) is 0 Å². The van der Waals surface area contributed by atoms with E-state index >= 15 is 0 Å². The molecule has 0 aromatic heterocycles. The van der Waals surface area contributed by atoms with Crippen molar-refractivity contribution in [3.05, 3.63) is 46.9 Å². The third-order valence-electron chi connectivity index (χ3n) is 2.08. The number of nitrogens with two attached hydrogens (primary N) is 2. The molecule has 0 spiro atoms. The SMILES string of the molecule is Nc1ccc(Sc2ccc(Br)cc2)c(N)c1. The predicted octanol–water partition coefficient (Wildman–Crippen LogP) is 3.76. The molecule has 0 radical (unpaired) electrons. The van der Waals surface area contributed by atoms with Gasteiger partial charge in [0.15, 0.2) is 0 Å². The van der Waals surface area contributed by atoms with Crippen LogP contribution in [0.4, 0.5) is 11.4 Å². The van der Waals surface area contributed by atoms with Gasteiger partial charge in [-0.15, -0.1) is 0 Å². The van der Waals surface area contributed by atoms with Gasteiger partial charge >= 0.3 is 0 Å². The Morgan fingerprint density at radius 2 is 1.62 bits per heavy atom. The minimum Gasteiger partial charge on any atom is -0.399 e. The molecular formula is C12H11BrN2S. The Morgan fingerprint density at radius 3 is 2.25 bits per heavy atom. The highest BCUT2D eigenvalue weighted by atomic mass is 79.9. The van der Waals surface area contributed by atoms with Crippen molar-refractivity contribution >= 4 is 39.1 Å². The van der Waals surface area contributed by atoms with E-state index < -0.39 is 0 Å². The molecule has 0 heterocycles. The number of hydrogen-bond donors (Lipinski definition) is 2. The predicted molar refractivity (Wildman–Crippen MR) is 73.5 cm³/mol. The van der Waals surface area contributed by atoms with Crippen molar-refractivity contribution < 1.29 is 0 Å². The van der Waals surface area contributed by atoms with Gasteiger partial charge in [-0.3, -0.25) is 0 Å². The molecule has 2 rings (SSSR count). The van der Waals surface area contributed by atoms with Gasteiger partial charge in [-0.05, 0) is 42.5 Å². The van der Waals surface area contributed by atoms with E-state index in [-0.39, 0.29) is 0 Å². The largest absolute Gasteiger partial charge is 0.399 e. The van der Waals surface area contributed by atoms with Gasteiger partial charge < -0.3 is 11.5 Å². The Kier molecular flexibility index (Phi) is 3.41. The van der Waals surface area contributed by atoms with Gasteiger partial charge in [0.2, 0.25) is 0 Å². The van der Waals surface area contributed by atoms with Gasteiger partial charge in [0.1, 0.15) is 0 Å². The summed E-state index contributed by atoms with van der Waals surface area (Å²) in [5.74, 6) is 0. The lowest BCUT2D eigenvalue weighted by atomic mass is 10.3. The smallest absolute Gasteiger partial charge is 0.0476 e. The summed E-state index contributed by atoms with van der Waals surface area (Å²) >= 11 is 5.03. The number of rotatable bonds is 2. The van der Waals surface area contributed by atoms with Crippen LogP contribution in [0.5, 0.6) is 0 Å². The van der Waals surface area contributed by atoms with Crippen LogP contribution >= 0.6 is 27.7 Å². The lowest BCUT2D eigenvalue weighted by Crippen LogP contribution is -1.91. The van der Waals surface area contributed by atoms with E-state index in [1.807, 2.05) is 36.4 Å². The maximum atomic E-state index is 5.89. The molecule has 0 unspecified atom stereocenters. The quantitative estimate of drug-likeness (QED) is 0.829. The Balaban J connectivity index is 2.23. The maximum Gasteiger partial charge on any atom is 0.0476 e. The fourth-order valence-corrected chi connectivity index (χ4v) is 2.39. The molecular weight excluding hydrogens is 284 g/mol. The molecule has 0 aliphatic carbocycles. The summed E-state index contributed by atoms with van der Waals surface area (Å²) in [5, 5.41) is 0. The van der Waals surface area contributed by atoms with E-state index in [2.05, 4.69) is 15.9 Å². The molecule has 82 valence electrons. The molecule has 0 bridgehead atoms. The summed E-state index contributed by atoms with van der Waals surface area (Å²) in [6, 6.07) is 13.7. The second-order valence-corrected chi connectivity index (χ2v) is 5.38. The third kappa shape index (κ3) is 2.71. The lowest BCUT2D eigenvalue weighted by Gasteiger charge is -2.06. The Bertz CT molecular complexity index is 497. The molecule has 0 atom stereocenters. The van der Waals surface area contributed by atoms with Crippen LogP contribution in [-0.2, 0) is 0 Å². The van der Waals surface area contributed by atoms with Crippen LogP contribution in [0.2, 0.25) is 0 Å². The highest BCUT2D eigenvalue weighted by molar-refractivity contribution is 9.10. The van der Waals surface area contributed by atoms with Crippen LogP contribution in [0.3, 0.4) is 0 Å². The fraction of sp³-hybridized carbons (Fsp3) is 0. The second-order valence-electron chi connectivity index (χ2n) is 3.35. The third-order valence-corrected chi connectivity index (χ3v) is 3.70. The zero-order valence-electron chi connectivity index (χ0n) is 8.48. The number of anilines is 2. The maximum absolute atomic E-state index is 5.89. The average molecular weight is 295 g/mol. The molecule has 0 aliphatic rings. The number of hydrogen-bond acceptors (Lipinski definition) is 3. The lowest BCUT2D eigenvalue weighted by molar-refractivity contribution is 1.40. The molecule has 0 fully saturated rings. The molecule has 2 aromatic carbocycles. The van der Waals surface area contributed by atoms with Gasteiger partial charge in [-0.2, -0.15) is 0 Å². The van der Waals surface area contributed by atoms with E-state index in [4.69, 9.17) is 11.5 Å². The highest BCUT2D eigenvalue weighted by Gasteiger charge is 2.02. The van der Waals surface area contributed by atoms with Crippen molar-refractivity contribution in [1.82, 2.24) is 0 Å². The van der Waals surface area contributed by atoms with Crippen molar-refractivity contribution in [1.29, 1.82) is 0 Å². The van der Waals surface area contributed by atoms with Gasteiger partial charge in [-0.1, -0.05) is 27.7 Å².